The molecule has 2 aliphatic rings. The Kier molecular flexibility index (Phi) is 2.19. The molecule has 2 fully saturated rings. The molecular weight excluding hydrogens is 240 g/mol. The molecule has 2 aromatic heterocycles. The molecule has 5 nitrogen and oxygen atoms in total. The minimum absolute atomic E-state index is 0.0528. The fraction of sp³-hybridized carbons (Fsp3) is 0.500. The third-order valence-electron chi connectivity index (χ3n) is 4.72. The van der Waals surface area contributed by atoms with Crippen LogP contribution in [0, 0.1) is 11.3 Å². The molecule has 0 spiro atoms. The van der Waals surface area contributed by atoms with Gasteiger partial charge in [-0.15, -0.1) is 0 Å². The van der Waals surface area contributed by atoms with Crippen LogP contribution in [0.4, 0.5) is 0 Å². The third kappa shape index (κ3) is 1.64. The summed E-state index contributed by atoms with van der Waals surface area (Å²) in [5.41, 5.74) is 1.68. The first-order valence-corrected chi connectivity index (χ1v) is 6.85. The van der Waals surface area contributed by atoms with Gasteiger partial charge in [0.05, 0.1) is 0 Å². The van der Waals surface area contributed by atoms with Gasteiger partial charge in [0.1, 0.15) is 12.0 Å². The zero-order chi connectivity index (χ0) is 12.9. The number of carbonyl (C=O) groups excluding carboxylic acids is 1. The number of pyridine rings is 1. The SMILES string of the molecule is O=C(NC[C@@]12CCC[C@@H]1C2)c1cccc2ncnn12. The minimum atomic E-state index is -0.0528. The largest absolute Gasteiger partial charge is 0.350 e. The van der Waals surface area contributed by atoms with Crippen LogP contribution >= 0.6 is 0 Å². The molecule has 0 bridgehead atoms. The predicted molar refractivity (Wildman–Crippen MR) is 69.7 cm³/mol. The van der Waals surface area contributed by atoms with Crippen LogP contribution in [0.25, 0.3) is 5.65 Å². The van der Waals surface area contributed by atoms with E-state index >= 15 is 0 Å². The van der Waals surface area contributed by atoms with Crippen molar-refractivity contribution in [2.24, 2.45) is 11.3 Å². The number of fused-ring (bicyclic) bond motifs is 2. The van der Waals surface area contributed by atoms with E-state index in [1.54, 1.807) is 10.6 Å². The maximum absolute atomic E-state index is 12.3. The highest BCUT2D eigenvalue weighted by molar-refractivity contribution is 5.93. The third-order valence-corrected chi connectivity index (χ3v) is 4.72. The van der Waals surface area contributed by atoms with Gasteiger partial charge in [0.25, 0.3) is 5.91 Å². The summed E-state index contributed by atoms with van der Waals surface area (Å²) in [6.07, 6.45) is 6.69. The van der Waals surface area contributed by atoms with Crippen LogP contribution in [-0.4, -0.2) is 27.0 Å². The average molecular weight is 256 g/mol. The molecule has 2 aliphatic carbocycles. The number of hydrogen-bond donors (Lipinski definition) is 1. The fourth-order valence-electron chi connectivity index (χ4n) is 3.52. The van der Waals surface area contributed by atoms with Gasteiger partial charge >= 0.3 is 0 Å². The Labute approximate surface area is 111 Å². The highest BCUT2D eigenvalue weighted by Gasteiger charge is 2.56. The molecule has 0 aliphatic heterocycles. The first-order chi connectivity index (χ1) is 9.28. The Hall–Kier alpha value is -1.91. The molecule has 1 N–H and O–H groups in total. The number of rotatable bonds is 3. The van der Waals surface area contributed by atoms with Gasteiger partial charge in [-0.2, -0.15) is 5.10 Å². The Morgan fingerprint density at radius 2 is 2.47 bits per heavy atom. The van der Waals surface area contributed by atoms with Gasteiger partial charge in [0.15, 0.2) is 5.65 Å². The monoisotopic (exact) mass is 256 g/mol. The summed E-state index contributed by atoms with van der Waals surface area (Å²) in [4.78, 5) is 16.4. The summed E-state index contributed by atoms with van der Waals surface area (Å²) in [7, 11) is 0. The smallest absolute Gasteiger partial charge is 0.270 e. The minimum Gasteiger partial charge on any atom is -0.350 e. The maximum Gasteiger partial charge on any atom is 0.270 e. The molecule has 2 aromatic rings. The Morgan fingerprint density at radius 1 is 1.53 bits per heavy atom. The lowest BCUT2D eigenvalue weighted by Crippen LogP contribution is -2.31. The van der Waals surface area contributed by atoms with E-state index in [0.29, 0.717) is 16.8 Å². The van der Waals surface area contributed by atoms with Crippen LogP contribution in [0.2, 0.25) is 0 Å². The Balaban J connectivity index is 1.52. The van der Waals surface area contributed by atoms with E-state index in [1.165, 1.54) is 32.0 Å². The number of aromatic nitrogens is 3. The molecule has 4 rings (SSSR count). The van der Waals surface area contributed by atoms with Gasteiger partial charge in [0, 0.05) is 6.54 Å². The standard InChI is InChI=1S/C14H16N4O/c19-13(15-8-14-6-2-3-10(14)7-14)11-4-1-5-12-16-9-17-18(11)12/h1,4-5,9-10H,2-3,6-8H2,(H,15,19)/t10-,14+/m1/s1. The summed E-state index contributed by atoms with van der Waals surface area (Å²) >= 11 is 0. The van der Waals surface area contributed by atoms with Gasteiger partial charge < -0.3 is 5.32 Å². The number of nitrogens with zero attached hydrogens (tertiary/aromatic N) is 3. The normalized spacial score (nSPS) is 28.3. The van der Waals surface area contributed by atoms with E-state index in [1.807, 2.05) is 12.1 Å². The zero-order valence-corrected chi connectivity index (χ0v) is 10.7. The van der Waals surface area contributed by atoms with Gasteiger partial charge in [-0.25, -0.2) is 9.50 Å². The number of carbonyl (C=O) groups is 1. The maximum atomic E-state index is 12.3. The van der Waals surface area contributed by atoms with Crippen LogP contribution < -0.4 is 5.32 Å². The Morgan fingerprint density at radius 3 is 3.26 bits per heavy atom. The van der Waals surface area contributed by atoms with Crippen molar-refractivity contribution in [3.8, 4) is 0 Å². The van der Waals surface area contributed by atoms with E-state index in [9.17, 15) is 4.79 Å². The van der Waals surface area contributed by atoms with Crippen LogP contribution in [0.3, 0.4) is 0 Å². The Bertz CT molecular complexity index is 650. The summed E-state index contributed by atoms with van der Waals surface area (Å²) in [5.74, 6) is 0.804. The molecule has 98 valence electrons. The second-order valence-corrected chi connectivity index (χ2v) is 5.78. The number of amides is 1. The quantitative estimate of drug-likeness (QED) is 0.908. The summed E-state index contributed by atoms with van der Waals surface area (Å²) in [6.45, 7) is 0.807. The number of nitrogens with one attached hydrogen (secondary N) is 1. The summed E-state index contributed by atoms with van der Waals surface area (Å²) in [5, 5.41) is 7.17. The van der Waals surface area contributed by atoms with Crippen molar-refractivity contribution in [2.45, 2.75) is 25.7 Å². The molecule has 1 amide bonds. The number of hydrogen-bond acceptors (Lipinski definition) is 3. The van der Waals surface area contributed by atoms with Crippen molar-refractivity contribution >= 4 is 11.6 Å². The van der Waals surface area contributed by atoms with Crippen molar-refractivity contribution in [1.82, 2.24) is 19.9 Å². The second kappa shape index (κ2) is 3.79. The highest BCUT2D eigenvalue weighted by Crippen LogP contribution is 2.63. The molecule has 5 heteroatoms. The van der Waals surface area contributed by atoms with Crippen molar-refractivity contribution < 1.29 is 4.79 Å². The van der Waals surface area contributed by atoms with Crippen LogP contribution in [0.1, 0.15) is 36.2 Å². The molecule has 0 unspecified atom stereocenters. The summed E-state index contributed by atoms with van der Waals surface area (Å²) in [6, 6.07) is 5.47. The van der Waals surface area contributed by atoms with Gasteiger partial charge in [-0.3, -0.25) is 4.79 Å². The van der Waals surface area contributed by atoms with E-state index in [0.717, 1.165) is 12.5 Å². The van der Waals surface area contributed by atoms with E-state index in [2.05, 4.69) is 15.4 Å². The lowest BCUT2D eigenvalue weighted by molar-refractivity contribution is 0.0936. The fourth-order valence-corrected chi connectivity index (χ4v) is 3.52. The van der Waals surface area contributed by atoms with Crippen molar-refractivity contribution in [3.63, 3.8) is 0 Å². The second-order valence-electron chi connectivity index (χ2n) is 5.78. The van der Waals surface area contributed by atoms with Crippen LogP contribution in [0.5, 0.6) is 0 Å². The molecule has 2 saturated carbocycles. The molecule has 0 radical (unpaired) electrons. The van der Waals surface area contributed by atoms with Crippen molar-refractivity contribution in [3.05, 3.63) is 30.2 Å². The molecular formula is C14H16N4O. The molecule has 2 atom stereocenters. The molecule has 0 saturated heterocycles. The topological polar surface area (TPSA) is 59.3 Å². The average Bonchev–Trinajstić information content (AvgIpc) is 2.83. The van der Waals surface area contributed by atoms with E-state index < -0.39 is 0 Å². The molecule has 2 heterocycles. The van der Waals surface area contributed by atoms with Crippen molar-refractivity contribution in [2.75, 3.05) is 6.54 Å². The predicted octanol–water partition coefficient (Wildman–Crippen LogP) is 1.65. The van der Waals surface area contributed by atoms with Crippen LogP contribution in [-0.2, 0) is 0 Å². The first kappa shape index (κ1) is 11.0. The van der Waals surface area contributed by atoms with Gasteiger partial charge in [0.2, 0.25) is 0 Å². The lowest BCUT2D eigenvalue weighted by Gasteiger charge is -2.13. The van der Waals surface area contributed by atoms with E-state index in [4.69, 9.17) is 0 Å². The first-order valence-electron chi connectivity index (χ1n) is 6.85. The molecule has 19 heavy (non-hydrogen) atoms. The van der Waals surface area contributed by atoms with Crippen LogP contribution in [0.15, 0.2) is 24.5 Å². The van der Waals surface area contributed by atoms with E-state index in [-0.39, 0.29) is 5.91 Å². The van der Waals surface area contributed by atoms with Gasteiger partial charge in [-0.1, -0.05) is 12.5 Å². The highest BCUT2D eigenvalue weighted by atomic mass is 16.2. The summed E-state index contributed by atoms with van der Waals surface area (Å²) < 4.78 is 1.59. The zero-order valence-electron chi connectivity index (χ0n) is 10.7. The van der Waals surface area contributed by atoms with Crippen molar-refractivity contribution in [1.29, 1.82) is 0 Å². The molecule has 0 aromatic carbocycles. The van der Waals surface area contributed by atoms with Gasteiger partial charge in [-0.05, 0) is 42.7 Å². The lowest BCUT2D eigenvalue weighted by atomic mass is 10.0.